The van der Waals surface area contributed by atoms with Crippen molar-refractivity contribution in [1.82, 2.24) is 14.8 Å². The average molecular weight is 372 g/mol. The fourth-order valence-electron chi connectivity index (χ4n) is 3.40. The van der Waals surface area contributed by atoms with Gasteiger partial charge in [0.05, 0.1) is 17.1 Å². The molecular formula is C21H29N3OS. The third kappa shape index (κ3) is 4.92. The lowest BCUT2D eigenvalue weighted by molar-refractivity contribution is -0.129. The molecule has 4 nitrogen and oxygen atoms in total. The molecule has 0 saturated carbocycles. The molecule has 0 unspecified atom stereocenters. The van der Waals surface area contributed by atoms with Crippen molar-refractivity contribution in [2.45, 2.75) is 39.5 Å². The summed E-state index contributed by atoms with van der Waals surface area (Å²) < 4.78 is 0. The molecule has 0 N–H and O–H groups in total. The van der Waals surface area contributed by atoms with Crippen LogP contribution in [0.2, 0.25) is 0 Å². The zero-order valence-electron chi connectivity index (χ0n) is 16.1. The number of rotatable bonds is 6. The highest BCUT2D eigenvalue weighted by molar-refractivity contribution is 7.12. The molecule has 1 aromatic carbocycles. The van der Waals surface area contributed by atoms with Crippen LogP contribution in [0.4, 0.5) is 0 Å². The Kier molecular flexibility index (Phi) is 6.43. The highest BCUT2D eigenvalue weighted by atomic mass is 32.1. The molecule has 2 aromatic rings. The number of nitrogens with zero attached hydrogens (tertiary/aromatic N) is 3. The summed E-state index contributed by atoms with van der Waals surface area (Å²) in [6.07, 6.45) is 4.36. The molecule has 1 aliphatic rings. The third-order valence-corrected chi connectivity index (χ3v) is 6.04. The Hall–Kier alpha value is -1.72. The number of thiazole rings is 1. The molecule has 0 bridgehead atoms. The van der Waals surface area contributed by atoms with Crippen LogP contribution >= 0.6 is 11.3 Å². The Balaban J connectivity index is 1.62. The van der Waals surface area contributed by atoms with E-state index in [0.717, 1.165) is 34.2 Å². The predicted octanol–water partition coefficient (Wildman–Crippen LogP) is 3.91. The minimum Gasteiger partial charge on any atom is -0.344 e. The van der Waals surface area contributed by atoms with Crippen LogP contribution in [0, 0.1) is 13.8 Å². The number of amides is 1. The van der Waals surface area contributed by atoms with E-state index < -0.39 is 0 Å². The predicted molar refractivity (Wildman–Crippen MR) is 109 cm³/mol. The quantitative estimate of drug-likeness (QED) is 0.772. The fourth-order valence-corrected chi connectivity index (χ4v) is 4.35. The molecule has 26 heavy (non-hydrogen) atoms. The number of carbonyl (C=O) groups excluding carboxylic acids is 1. The SMILES string of the molecule is Cc1ccc(-c2nc(C)sc2CC(=O)N(C)CCN2CCCCC2)cc1. The number of piperidine rings is 1. The van der Waals surface area contributed by atoms with Gasteiger partial charge < -0.3 is 9.80 Å². The van der Waals surface area contributed by atoms with Crippen LogP contribution in [0.15, 0.2) is 24.3 Å². The van der Waals surface area contributed by atoms with Crippen molar-refractivity contribution in [3.8, 4) is 11.3 Å². The van der Waals surface area contributed by atoms with Crippen molar-refractivity contribution in [2.24, 2.45) is 0 Å². The molecule has 0 atom stereocenters. The van der Waals surface area contributed by atoms with Crippen molar-refractivity contribution in [3.05, 3.63) is 39.7 Å². The summed E-state index contributed by atoms with van der Waals surface area (Å²) in [5.41, 5.74) is 3.29. The molecule has 0 radical (unpaired) electrons. The van der Waals surface area contributed by atoms with Gasteiger partial charge in [0.25, 0.3) is 0 Å². The molecule has 1 aliphatic heterocycles. The lowest BCUT2D eigenvalue weighted by Gasteiger charge is -2.28. The molecule has 0 aliphatic carbocycles. The van der Waals surface area contributed by atoms with Gasteiger partial charge in [-0.25, -0.2) is 4.98 Å². The monoisotopic (exact) mass is 371 g/mol. The summed E-state index contributed by atoms with van der Waals surface area (Å²) in [5.74, 6) is 0.180. The molecule has 2 heterocycles. The first kappa shape index (κ1) is 19.1. The van der Waals surface area contributed by atoms with Crippen molar-refractivity contribution in [1.29, 1.82) is 0 Å². The van der Waals surface area contributed by atoms with Gasteiger partial charge in [-0.1, -0.05) is 36.2 Å². The number of carbonyl (C=O) groups is 1. The summed E-state index contributed by atoms with van der Waals surface area (Å²) >= 11 is 1.64. The molecule has 140 valence electrons. The van der Waals surface area contributed by atoms with Gasteiger partial charge in [0, 0.05) is 30.6 Å². The first-order chi connectivity index (χ1) is 12.5. The smallest absolute Gasteiger partial charge is 0.227 e. The van der Waals surface area contributed by atoms with E-state index in [1.54, 1.807) is 11.3 Å². The number of aryl methyl sites for hydroxylation is 2. The van der Waals surface area contributed by atoms with Crippen molar-refractivity contribution in [3.63, 3.8) is 0 Å². The van der Waals surface area contributed by atoms with E-state index in [4.69, 9.17) is 0 Å². The van der Waals surface area contributed by atoms with Gasteiger partial charge in [-0.05, 0) is 39.8 Å². The van der Waals surface area contributed by atoms with E-state index in [1.807, 2.05) is 18.9 Å². The van der Waals surface area contributed by atoms with E-state index >= 15 is 0 Å². The number of likely N-dealkylation sites (tertiary alicyclic amines) is 1. The van der Waals surface area contributed by atoms with Crippen LogP contribution in [0.3, 0.4) is 0 Å². The second kappa shape index (κ2) is 8.78. The number of likely N-dealkylation sites (N-methyl/N-ethyl adjacent to an activating group) is 1. The van der Waals surface area contributed by atoms with Gasteiger partial charge >= 0.3 is 0 Å². The van der Waals surface area contributed by atoms with Crippen molar-refractivity contribution < 1.29 is 4.79 Å². The lowest BCUT2D eigenvalue weighted by atomic mass is 10.1. The molecule has 3 rings (SSSR count). The molecule has 1 saturated heterocycles. The Labute approximate surface area is 160 Å². The minimum atomic E-state index is 0.180. The third-order valence-electron chi connectivity index (χ3n) is 5.07. The first-order valence-electron chi connectivity index (χ1n) is 9.52. The summed E-state index contributed by atoms with van der Waals surface area (Å²) in [4.78, 5) is 22.8. The molecule has 5 heteroatoms. The minimum absolute atomic E-state index is 0.180. The average Bonchev–Trinajstić information content (AvgIpc) is 3.01. The van der Waals surface area contributed by atoms with Crippen molar-refractivity contribution in [2.75, 3.05) is 33.2 Å². The van der Waals surface area contributed by atoms with Gasteiger partial charge in [0.1, 0.15) is 0 Å². The van der Waals surface area contributed by atoms with Crippen LogP contribution in [0.5, 0.6) is 0 Å². The Morgan fingerprint density at radius 2 is 1.85 bits per heavy atom. The Bertz CT molecular complexity index is 732. The van der Waals surface area contributed by atoms with Crippen LogP contribution in [0.1, 0.15) is 34.7 Å². The van der Waals surface area contributed by atoms with Gasteiger partial charge in [0.2, 0.25) is 5.91 Å². The first-order valence-corrected chi connectivity index (χ1v) is 10.3. The van der Waals surface area contributed by atoms with E-state index in [0.29, 0.717) is 6.42 Å². The summed E-state index contributed by atoms with van der Waals surface area (Å²) in [7, 11) is 1.92. The zero-order valence-corrected chi connectivity index (χ0v) is 16.9. The second-order valence-corrected chi connectivity index (χ2v) is 8.55. The normalized spacial score (nSPS) is 15.2. The highest BCUT2D eigenvalue weighted by Gasteiger charge is 2.18. The fraction of sp³-hybridized carbons (Fsp3) is 0.524. The maximum Gasteiger partial charge on any atom is 0.227 e. The summed E-state index contributed by atoms with van der Waals surface area (Å²) in [5, 5.41) is 1.01. The molecular weight excluding hydrogens is 342 g/mol. The lowest BCUT2D eigenvalue weighted by Crippen LogP contribution is -2.39. The highest BCUT2D eigenvalue weighted by Crippen LogP contribution is 2.29. The van der Waals surface area contributed by atoms with Crippen LogP contribution in [0.25, 0.3) is 11.3 Å². The van der Waals surface area contributed by atoms with Gasteiger partial charge in [-0.15, -0.1) is 11.3 Å². The molecule has 1 aromatic heterocycles. The zero-order chi connectivity index (χ0) is 18.5. The number of benzene rings is 1. The van der Waals surface area contributed by atoms with E-state index in [-0.39, 0.29) is 5.91 Å². The standard InChI is InChI=1S/C21H29N3OS/c1-16-7-9-18(10-8-16)21-19(26-17(2)22-21)15-20(25)23(3)13-14-24-11-5-4-6-12-24/h7-10H,4-6,11-15H2,1-3H3. The molecule has 1 fully saturated rings. The summed E-state index contributed by atoms with van der Waals surface area (Å²) in [6, 6.07) is 8.39. The van der Waals surface area contributed by atoms with Gasteiger partial charge in [0.15, 0.2) is 0 Å². The Morgan fingerprint density at radius 1 is 1.15 bits per heavy atom. The maximum absolute atomic E-state index is 12.7. The number of hydrogen-bond donors (Lipinski definition) is 0. The van der Waals surface area contributed by atoms with E-state index in [1.165, 1.54) is 37.9 Å². The van der Waals surface area contributed by atoms with Crippen molar-refractivity contribution >= 4 is 17.2 Å². The largest absolute Gasteiger partial charge is 0.344 e. The number of hydrogen-bond acceptors (Lipinski definition) is 4. The van der Waals surface area contributed by atoms with Crippen LogP contribution in [-0.4, -0.2) is 53.9 Å². The van der Waals surface area contributed by atoms with Crippen LogP contribution < -0.4 is 0 Å². The maximum atomic E-state index is 12.7. The number of aromatic nitrogens is 1. The van der Waals surface area contributed by atoms with Gasteiger partial charge in [-0.2, -0.15) is 0 Å². The molecule has 0 spiro atoms. The Morgan fingerprint density at radius 3 is 2.54 bits per heavy atom. The second-order valence-electron chi connectivity index (χ2n) is 7.27. The van der Waals surface area contributed by atoms with E-state index in [9.17, 15) is 4.79 Å². The molecule has 1 amide bonds. The van der Waals surface area contributed by atoms with E-state index in [2.05, 4.69) is 41.1 Å². The van der Waals surface area contributed by atoms with Gasteiger partial charge in [-0.3, -0.25) is 4.79 Å². The van der Waals surface area contributed by atoms with Crippen LogP contribution in [-0.2, 0) is 11.2 Å². The summed E-state index contributed by atoms with van der Waals surface area (Å²) in [6.45, 7) is 8.22. The topological polar surface area (TPSA) is 36.4 Å².